The number of rotatable bonds is 7. The first kappa shape index (κ1) is 23.5. The second kappa shape index (κ2) is 11.0. The number of benzene rings is 1. The van der Waals surface area contributed by atoms with Gasteiger partial charge in [0.05, 0.1) is 5.69 Å². The molecule has 2 fully saturated rings. The van der Waals surface area contributed by atoms with Gasteiger partial charge in [-0.2, -0.15) is 5.10 Å². The molecule has 33 heavy (non-hydrogen) atoms. The second-order valence-corrected chi connectivity index (χ2v) is 9.61. The Balaban J connectivity index is 1.18. The number of hydrogen-bond donors (Lipinski definition) is 0. The van der Waals surface area contributed by atoms with E-state index >= 15 is 0 Å². The lowest BCUT2D eigenvalue weighted by molar-refractivity contribution is -0.134. The van der Waals surface area contributed by atoms with Gasteiger partial charge in [-0.3, -0.25) is 19.2 Å². The highest BCUT2D eigenvalue weighted by Crippen LogP contribution is 2.22. The summed E-state index contributed by atoms with van der Waals surface area (Å²) in [4.78, 5) is 32.0. The molecule has 2 aliphatic rings. The number of aromatic nitrogens is 2. The number of carbonyl (C=O) groups is 2. The Morgan fingerprint density at radius 3 is 2.42 bits per heavy atom. The first-order valence-electron chi connectivity index (χ1n) is 12.3. The van der Waals surface area contributed by atoms with E-state index in [4.69, 9.17) is 0 Å². The fraction of sp³-hybridized carbons (Fsp3) is 0.577. The molecule has 2 aromatic rings. The molecule has 2 amide bonds. The minimum absolute atomic E-state index is 0.131. The van der Waals surface area contributed by atoms with E-state index in [1.165, 1.54) is 5.56 Å². The van der Waals surface area contributed by atoms with E-state index in [1.807, 2.05) is 35.8 Å². The van der Waals surface area contributed by atoms with Crippen molar-refractivity contribution in [1.29, 1.82) is 0 Å². The van der Waals surface area contributed by atoms with Crippen LogP contribution >= 0.6 is 0 Å². The van der Waals surface area contributed by atoms with Gasteiger partial charge in [0.25, 0.3) is 0 Å². The van der Waals surface area contributed by atoms with Gasteiger partial charge in [-0.1, -0.05) is 30.3 Å². The number of carbonyl (C=O) groups excluding carboxylic acids is 2. The molecule has 178 valence electrons. The van der Waals surface area contributed by atoms with Crippen LogP contribution in [-0.4, -0.2) is 75.6 Å². The van der Waals surface area contributed by atoms with E-state index in [2.05, 4.69) is 34.3 Å². The lowest BCUT2D eigenvalue weighted by atomic mass is 9.93. The van der Waals surface area contributed by atoms with Crippen LogP contribution in [0.25, 0.3) is 0 Å². The van der Waals surface area contributed by atoms with E-state index in [9.17, 15) is 9.59 Å². The molecule has 0 saturated carbocycles. The fourth-order valence-corrected chi connectivity index (χ4v) is 5.07. The fourth-order valence-electron chi connectivity index (χ4n) is 5.07. The van der Waals surface area contributed by atoms with Crippen molar-refractivity contribution in [2.24, 2.45) is 5.92 Å². The van der Waals surface area contributed by atoms with Gasteiger partial charge >= 0.3 is 0 Å². The van der Waals surface area contributed by atoms with Crippen LogP contribution in [0.2, 0.25) is 0 Å². The quantitative estimate of drug-likeness (QED) is 0.650. The standard InChI is InChI=1S/C26H37N5O2/c1-21-17-22(2)31(27-21)20-26(33)30-12-6-9-24(19-30)10-11-25(32)29-15-13-28(14-16-29)18-23-7-4-3-5-8-23/h3-5,7-8,17,24H,6,9-16,18-20H2,1-2H3/t24-/m1/s1. The van der Waals surface area contributed by atoms with Gasteiger partial charge in [0.2, 0.25) is 11.8 Å². The van der Waals surface area contributed by atoms with Crippen LogP contribution in [0.1, 0.15) is 42.6 Å². The van der Waals surface area contributed by atoms with Gasteiger partial charge in [-0.05, 0) is 50.7 Å². The number of piperazine rings is 1. The van der Waals surface area contributed by atoms with Crippen molar-refractivity contribution in [2.45, 2.75) is 52.6 Å². The Hall–Kier alpha value is -2.67. The summed E-state index contributed by atoms with van der Waals surface area (Å²) in [6.45, 7) is 10.2. The average molecular weight is 452 g/mol. The minimum Gasteiger partial charge on any atom is -0.341 e. The molecular weight excluding hydrogens is 414 g/mol. The summed E-state index contributed by atoms with van der Waals surface area (Å²) in [6, 6.07) is 12.5. The van der Waals surface area contributed by atoms with Gasteiger partial charge in [0.15, 0.2) is 0 Å². The summed E-state index contributed by atoms with van der Waals surface area (Å²) in [5.74, 6) is 0.804. The lowest BCUT2D eigenvalue weighted by Crippen LogP contribution is -2.48. The van der Waals surface area contributed by atoms with Crippen molar-refractivity contribution in [1.82, 2.24) is 24.5 Å². The molecule has 0 radical (unpaired) electrons. The zero-order valence-electron chi connectivity index (χ0n) is 20.1. The van der Waals surface area contributed by atoms with Crippen LogP contribution < -0.4 is 0 Å². The Kier molecular flexibility index (Phi) is 7.81. The van der Waals surface area contributed by atoms with E-state index in [1.54, 1.807) is 4.68 Å². The molecule has 2 saturated heterocycles. The van der Waals surface area contributed by atoms with Crippen molar-refractivity contribution in [3.8, 4) is 0 Å². The van der Waals surface area contributed by atoms with Crippen molar-refractivity contribution in [3.63, 3.8) is 0 Å². The number of nitrogens with zero attached hydrogens (tertiary/aromatic N) is 5. The molecule has 4 rings (SSSR count). The Morgan fingerprint density at radius 2 is 1.73 bits per heavy atom. The normalized spacial score (nSPS) is 19.6. The minimum atomic E-state index is 0.131. The Morgan fingerprint density at radius 1 is 0.970 bits per heavy atom. The summed E-state index contributed by atoms with van der Waals surface area (Å²) in [6.07, 6.45) is 3.57. The third-order valence-corrected chi connectivity index (χ3v) is 7.00. The summed E-state index contributed by atoms with van der Waals surface area (Å²) in [7, 11) is 0. The average Bonchev–Trinajstić information content (AvgIpc) is 3.15. The molecule has 7 heteroatoms. The maximum Gasteiger partial charge on any atom is 0.244 e. The summed E-state index contributed by atoms with van der Waals surface area (Å²) in [5, 5.41) is 4.42. The molecule has 1 atom stereocenters. The smallest absolute Gasteiger partial charge is 0.244 e. The topological polar surface area (TPSA) is 61.7 Å². The molecular formula is C26H37N5O2. The zero-order chi connectivity index (χ0) is 23.2. The number of amides is 2. The highest BCUT2D eigenvalue weighted by atomic mass is 16.2. The lowest BCUT2D eigenvalue weighted by Gasteiger charge is -2.36. The van der Waals surface area contributed by atoms with Crippen LogP contribution in [0, 0.1) is 19.8 Å². The molecule has 2 aliphatic heterocycles. The van der Waals surface area contributed by atoms with Gasteiger partial charge in [0.1, 0.15) is 6.54 Å². The molecule has 0 aliphatic carbocycles. The number of piperidine rings is 1. The first-order valence-corrected chi connectivity index (χ1v) is 12.3. The van der Waals surface area contributed by atoms with Gasteiger partial charge < -0.3 is 9.80 Å². The van der Waals surface area contributed by atoms with Crippen LogP contribution in [0.3, 0.4) is 0 Å². The van der Waals surface area contributed by atoms with Gasteiger partial charge in [-0.25, -0.2) is 0 Å². The highest BCUT2D eigenvalue weighted by molar-refractivity contribution is 5.77. The Bertz CT molecular complexity index is 933. The molecule has 7 nitrogen and oxygen atoms in total. The third-order valence-electron chi connectivity index (χ3n) is 7.00. The van der Waals surface area contributed by atoms with E-state index in [0.29, 0.717) is 18.9 Å². The largest absolute Gasteiger partial charge is 0.341 e. The highest BCUT2D eigenvalue weighted by Gasteiger charge is 2.26. The van der Waals surface area contributed by atoms with E-state index in [0.717, 1.165) is 76.5 Å². The summed E-state index contributed by atoms with van der Waals surface area (Å²) >= 11 is 0. The first-order chi connectivity index (χ1) is 16.0. The van der Waals surface area contributed by atoms with Crippen LogP contribution in [-0.2, 0) is 22.7 Å². The number of aryl methyl sites for hydroxylation is 2. The SMILES string of the molecule is Cc1cc(C)n(CC(=O)N2CCC[C@H](CCC(=O)N3CCN(Cc4ccccc4)CC3)C2)n1. The monoisotopic (exact) mass is 451 g/mol. The number of likely N-dealkylation sites (tertiary alicyclic amines) is 1. The summed E-state index contributed by atoms with van der Waals surface area (Å²) in [5.41, 5.74) is 3.28. The molecule has 1 aromatic carbocycles. The van der Waals surface area contributed by atoms with E-state index < -0.39 is 0 Å². The van der Waals surface area contributed by atoms with Crippen LogP contribution in [0.15, 0.2) is 36.4 Å². The van der Waals surface area contributed by atoms with Crippen molar-refractivity contribution in [2.75, 3.05) is 39.3 Å². The maximum absolute atomic E-state index is 12.8. The molecule has 0 unspecified atom stereocenters. The molecule has 3 heterocycles. The zero-order valence-corrected chi connectivity index (χ0v) is 20.1. The summed E-state index contributed by atoms with van der Waals surface area (Å²) < 4.78 is 1.79. The molecule has 0 bridgehead atoms. The molecule has 0 spiro atoms. The van der Waals surface area contributed by atoms with Crippen molar-refractivity contribution >= 4 is 11.8 Å². The molecule has 1 aromatic heterocycles. The predicted octanol–water partition coefficient (Wildman–Crippen LogP) is 2.86. The second-order valence-electron chi connectivity index (χ2n) is 9.61. The van der Waals surface area contributed by atoms with Crippen molar-refractivity contribution in [3.05, 3.63) is 53.3 Å². The van der Waals surface area contributed by atoms with Gasteiger partial charge in [-0.15, -0.1) is 0 Å². The van der Waals surface area contributed by atoms with Crippen LogP contribution in [0.4, 0.5) is 0 Å². The van der Waals surface area contributed by atoms with Gasteiger partial charge in [0, 0.05) is 57.9 Å². The Labute approximate surface area is 197 Å². The van der Waals surface area contributed by atoms with E-state index in [-0.39, 0.29) is 11.8 Å². The van der Waals surface area contributed by atoms with Crippen molar-refractivity contribution < 1.29 is 9.59 Å². The predicted molar refractivity (Wildman–Crippen MR) is 129 cm³/mol. The third kappa shape index (κ3) is 6.44. The molecule has 0 N–H and O–H groups in total. The maximum atomic E-state index is 12.8. The van der Waals surface area contributed by atoms with Crippen LogP contribution in [0.5, 0.6) is 0 Å². The number of hydrogen-bond acceptors (Lipinski definition) is 4.